The Kier molecular flexibility index (Phi) is 5.24. The molecule has 22 heavy (non-hydrogen) atoms. The Hall–Kier alpha value is -2.25. The van der Waals surface area contributed by atoms with E-state index in [2.05, 4.69) is 14.4 Å². The minimum Gasteiger partial charge on any atom is -0.465 e. The van der Waals surface area contributed by atoms with Gasteiger partial charge in [0.05, 0.1) is 17.6 Å². The highest BCUT2D eigenvalue weighted by molar-refractivity contribution is 7.89. The quantitative estimate of drug-likeness (QED) is 0.813. The van der Waals surface area contributed by atoms with Crippen molar-refractivity contribution in [2.45, 2.75) is 11.3 Å². The van der Waals surface area contributed by atoms with Gasteiger partial charge in [-0.1, -0.05) is 12.1 Å². The molecular weight excluding hydrogens is 304 g/mol. The maximum Gasteiger partial charge on any atom is 0.337 e. The molecule has 116 valence electrons. The SMILES string of the molecule is COC(=O)c1cccc(S(=O)(=O)NCCc2cccnc2)c1. The molecule has 0 aliphatic rings. The maximum atomic E-state index is 12.2. The van der Waals surface area contributed by atoms with E-state index < -0.39 is 16.0 Å². The fourth-order valence-corrected chi connectivity index (χ4v) is 2.94. The number of hydrogen-bond donors (Lipinski definition) is 1. The highest BCUT2D eigenvalue weighted by atomic mass is 32.2. The molecule has 0 saturated carbocycles. The molecule has 0 fully saturated rings. The zero-order valence-electron chi connectivity index (χ0n) is 12.0. The van der Waals surface area contributed by atoms with Crippen LogP contribution in [0.25, 0.3) is 0 Å². The number of benzene rings is 1. The fraction of sp³-hybridized carbons (Fsp3) is 0.200. The molecule has 0 unspecified atom stereocenters. The predicted octanol–water partition coefficient (Wildman–Crippen LogP) is 1.39. The van der Waals surface area contributed by atoms with Gasteiger partial charge < -0.3 is 4.74 Å². The van der Waals surface area contributed by atoms with Crippen LogP contribution in [0, 0.1) is 0 Å². The molecule has 1 aromatic heterocycles. The summed E-state index contributed by atoms with van der Waals surface area (Å²) in [6.45, 7) is 0.247. The van der Waals surface area contributed by atoms with Crippen molar-refractivity contribution in [3.63, 3.8) is 0 Å². The van der Waals surface area contributed by atoms with Crippen LogP contribution in [0.2, 0.25) is 0 Å². The van der Waals surface area contributed by atoms with Crippen molar-refractivity contribution in [3.8, 4) is 0 Å². The van der Waals surface area contributed by atoms with Gasteiger partial charge in [-0.05, 0) is 36.2 Å². The van der Waals surface area contributed by atoms with Crippen LogP contribution < -0.4 is 4.72 Å². The second-order valence-corrected chi connectivity index (χ2v) is 6.30. The van der Waals surface area contributed by atoms with Gasteiger partial charge in [0.2, 0.25) is 10.0 Å². The van der Waals surface area contributed by atoms with E-state index in [1.54, 1.807) is 18.5 Å². The number of carbonyl (C=O) groups is 1. The second kappa shape index (κ2) is 7.15. The number of esters is 1. The van der Waals surface area contributed by atoms with E-state index in [0.717, 1.165) is 5.56 Å². The molecule has 0 bridgehead atoms. The van der Waals surface area contributed by atoms with Crippen LogP contribution in [0.15, 0.2) is 53.7 Å². The molecule has 1 N–H and O–H groups in total. The van der Waals surface area contributed by atoms with Crippen molar-refractivity contribution >= 4 is 16.0 Å². The van der Waals surface area contributed by atoms with E-state index >= 15 is 0 Å². The van der Waals surface area contributed by atoms with Gasteiger partial charge in [0.1, 0.15) is 0 Å². The molecule has 0 radical (unpaired) electrons. The minimum atomic E-state index is -3.67. The van der Waals surface area contributed by atoms with Gasteiger partial charge in [-0.15, -0.1) is 0 Å². The first kappa shape index (κ1) is 16.1. The number of aromatic nitrogens is 1. The normalized spacial score (nSPS) is 11.1. The van der Waals surface area contributed by atoms with Crippen molar-refractivity contribution in [2.75, 3.05) is 13.7 Å². The van der Waals surface area contributed by atoms with Gasteiger partial charge in [0.15, 0.2) is 0 Å². The molecule has 0 amide bonds. The summed E-state index contributed by atoms with van der Waals surface area (Å²) in [4.78, 5) is 15.4. The molecule has 7 heteroatoms. The second-order valence-electron chi connectivity index (χ2n) is 4.53. The summed E-state index contributed by atoms with van der Waals surface area (Å²) in [7, 11) is -2.43. The van der Waals surface area contributed by atoms with Crippen molar-refractivity contribution in [2.24, 2.45) is 0 Å². The lowest BCUT2D eigenvalue weighted by Gasteiger charge is -2.08. The third-order valence-corrected chi connectivity index (χ3v) is 4.45. The van der Waals surface area contributed by atoms with Crippen molar-refractivity contribution < 1.29 is 17.9 Å². The molecule has 2 rings (SSSR count). The Balaban J connectivity index is 2.05. The largest absolute Gasteiger partial charge is 0.465 e. The standard InChI is InChI=1S/C15H16N2O4S/c1-21-15(18)13-5-2-6-14(10-13)22(19,20)17-9-7-12-4-3-8-16-11-12/h2-6,8,10-11,17H,7,9H2,1H3. The molecule has 1 aromatic carbocycles. The summed E-state index contributed by atoms with van der Waals surface area (Å²) in [6, 6.07) is 9.39. The number of carbonyl (C=O) groups excluding carboxylic acids is 1. The number of methoxy groups -OCH3 is 1. The third kappa shape index (κ3) is 4.12. The lowest BCUT2D eigenvalue weighted by Crippen LogP contribution is -2.26. The predicted molar refractivity (Wildman–Crippen MR) is 80.9 cm³/mol. The Labute approximate surface area is 129 Å². The zero-order valence-corrected chi connectivity index (χ0v) is 12.8. The molecule has 0 aliphatic carbocycles. The molecule has 2 aromatic rings. The fourth-order valence-electron chi connectivity index (χ4n) is 1.87. The average Bonchev–Trinajstić information content (AvgIpc) is 2.55. The van der Waals surface area contributed by atoms with E-state index in [1.807, 2.05) is 6.07 Å². The molecule has 0 spiro atoms. The van der Waals surface area contributed by atoms with Crippen LogP contribution in [0.4, 0.5) is 0 Å². The number of hydrogen-bond acceptors (Lipinski definition) is 5. The molecule has 0 saturated heterocycles. The van der Waals surface area contributed by atoms with Crippen LogP contribution >= 0.6 is 0 Å². The summed E-state index contributed by atoms with van der Waals surface area (Å²) < 4.78 is 31.5. The van der Waals surface area contributed by atoms with Crippen LogP contribution in [0.3, 0.4) is 0 Å². The van der Waals surface area contributed by atoms with Gasteiger partial charge in [0.25, 0.3) is 0 Å². The zero-order chi connectivity index (χ0) is 16.0. The molecule has 6 nitrogen and oxygen atoms in total. The lowest BCUT2D eigenvalue weighted by atomic mass is 10.2. The van der Waals surface area contributed by atoms with Gasteiger partial charge in [0, 0.05) is 18.9 Å². The Morgan fingerprint density at radius 2 is 2.09 bits per heavy atom. The first-order chi connectivity index (χ1) is 10.5. The van der Waals surface area contributed by atoms with Gasteiger partial charge in [-0.2, -0.15) is 0 Å². The molecule has 0 aliphatic heterocycles. The van der Waals surface area contributed by atoms with Crippen molar-refractivity contribution in [1.82, 2.24) is 9.71 Å². The number of nitrogens with zero attached hydrogens (tertiary/aromatic N) is 1. The number of ether oxygens (including phenoxy) is 1. The van der Waals surface area contributed by atoms with Gasteiger partial charge in [-0.25, -0.2) is 17.9 Å². The summed E-state index contributed by atoms with van der Waals surface area (Å²) in [5, 5.41) is 0. The van der Waals surface area contributed by atoms with Crippen molar-refractivity contribution in [1.29, 1.82) is 0 Å². The highest BCUT2D eigenvalue weighted by Gasteiger charge is 2.16. The maximum absolute atomic E-state index is 12.2. The van der Waals surface area contributed by atoms with Crippen LogP contribution in [-0.4, -0.2) is 33.0 Å². The van der Waals surface area contributed by atoms with E-state index in [1.165, 1.54) is 31.4 Å². The summed E-state index contributed by atoms with van der Waals surface area (Å²) in [5.74, 6) is -0.576. The van der Waals surface area contributed by atoms with Gasteiger partial charge >= 0.3 is 5.97 Å². The van der Waals surface area contributed by atoms with E-state index in [0.29, 0.717) is 6.42 Å². The molecule has 0 atom stereocenters. The molecular formula is C15H16N2O4S. The Morgan fingerprint density at radius 3 is 2.77 bits per heavy atom. The minimum absolute atomic E-state index is 0.0292. The Bertz CT molecular complexity index is 745. The van der Waals surface area contributed by atoms with Crippen molar-refractivity contribution in [3.05, 3.63) is 59.9 Å². The topological polar surface area (TPSA) is 85.4 Å². The van der Waals surface area contributed by atoms with Gasteiger partial charge in [-0.3, -0.25) is 4.98 Å². The first-order valence-electron chi connectivity index (χ1n) is 6.60. The van der Waals surface area contributed by atoms with Crippen LogP contribution in [0.1, 0.15) is 15.9 Å². The third-order valence-electron chi connectivity index (χ3n) is 2.99. The monoisotopic (exact) mass is 320 g/mol. The number of rotatable bonds is 6. The average molecular weight is 320 g/mol. The number of nitrogens with one attached hydrogen (secondary N) is 1. The summed E-state index contributed by atoms with van der Waals surface area (Å²) in [5.41, 5.74) is 1.13. The number of pyridine rings is 1. The first-order valence-corrected chi connectivity index (χ1v) is 8.08. The van der Waals surface area contributed by atoms with Crippen LogP contribution in [-0.2, 0) is 21.2 Å². The van der Waals surface area contributed by atoms with E-state index in [9.17, 15) is 13.2 Å². The highest BCUT2D eigenvalue weighted by Crippen LogP contribution is 2.12. The number of sulfonamides is 1. The molecule has 1 heterocycles. The van der Waals surface area contributed by atoms with E-state index in [-0.39, 0.29) is 17.0 Å². The van der Waals surface area contributed by atoms with E-state index in [4.69, 9.17) is 0 Å². The summed E-state index contributed by atoms with van der Waals surface area (Å²) >= 11 is 0. The smallest absolute Gasteiger partial charge is 0.337 e. The van der Waals surface area contributed by atoms with Crippen LogP contribution in [0.5, 0.6) is 0 Å². The summed E-state index contributed by atoms with van der Waals surface area (Å²) in [6.07, 6.45) is 3.88. The Morgan fingerprint density at radius 1 is 1.27 bits per heavy atom. The lowest BCUT2D eigenvalue weighted by molar-refractivity contribution is 0.0600.